The minimum atomic E-state index is -4.01. The SMILES string of the molecule is COc1ccc(C2=NN(S(=O)(=O)c3ccc(Cl)cc3)C(c3ccc(Cl)cc3Cl)C2)cc1OC. The van der Waals surface area contributed by atoms with Crippen LogP contribution in [0.1, 0.15) is 23.6 Å². The molecule has 1 aliphatic rings. The van der Waals surface area contributed by atoms with Crippen LogP contribution < -0.4 is 9.47 Å². The van der Waals surface area contributed by atoms with Crippen LogP contribution in [0.5, 0.6) is 11.5 Å². The lowest BCUT2D eigenvalue weighted by Crippen LogP contribution is -2.27. The number of hydrazone groups is 1. The zero-order valence-electron chi connectivity index (χ0n) is 17.6. The molecule has 0 amide bonds. The highest BCUT2D eigenvalue weighted by molar-refractivity contribution is 7.89. The van der Waals surface area contributed by atoms with E-state index in [1.165, 1.54) is 31.4 Å². The summed E-state index contributed by atoms with van der Waals surface area (Å²) >= 11 is 18.5. The van der Waals surface area contributed by atoms with E-state index >= 15 is 0 Å². The Morgan fingerprint density at radius 1 is 0.879 bits per heavy atom. The first kappa shape index (κ1) is 23.7. The van der Waals surface area contributed by atoms with Gasteiger partial charge in [0.2, 0.25) is 0 Å². The first-order valence-electron chi connectivity index (χ1n) is 9.79. The van der Waals surface area contributed by atoms with Gasteiger partial charge in [0.1, 0.15) is 0 Å². The quantitative estimate of drug-likeness (QED) is 0.384. The van der Waals surface area contributed by atoms with Crippen molar-refractivity contribution in [3.63, 3.8) is 0 Å². The van der Waals surface area contributed by atoms with E-state index in [1.54, 1.807) is 43.5 Å². The van der Waals surface area contributed by atoms with Gasteiger partial charge in [-0.3, -0.25) is 0 Å². The number of nitrogens with zero attached hydrogens (tertiary/aromatic N) is 2. The van der Waals surface area contributed by atoms with Crippen molar-refractivity contribution in [2.45, 2.75) is 17.4 Å². The molecule has 0 radical (unpaired) electrons. The number of ether oxygens (including phenoxy) is 2. The van der Waals surface area contributed by atoms with Crippen LogP contribution in [0, 0.1) is 0 Å². The lowest BCUT2D eigenvalue weighted by Gasteiger charge is -2.24. The Kier molecular flexibility index (Phi) is 6.77. The molecule has 0 aromatic heterocycles. The van der Waals surface area contributed by atoms with Gasteiger partial charge >= 0.3 is 0 Å². The van der Waals surface area contributed by atoms with Gasteiger partial charge in [-0.05, 0) is 60.2 Å². The first-order valence-corrected chi connectivity index (χ1v) is 12.4. The molecule has 172 valence electrons. The fraction of sp³-hybridized carbons (Fsp3) is 0.174. The molecule has 3 aromatic carbocycles. The highest BCUT2D eigenvalue weighted by Gasteiger charge is 2.38. The monoisotopic (exact) mass is 524 g/mol. The summed E-state index contributed by atoms with van der Waals surface area (Å²) in [6, 6.07) is 15.5. The lowest BCUT2D eigenvalue weighted by atomic mass is 9.99. The van der Waals surface area contributed by atoms with Crippen molar-refractivity contribution >= 4 is 50.5 Å². The maximum absolute atomic E-state index is 13.6. The van der Waals surface area contributed by atoms with E-state index in [1.807, 2.05) is 0 Å². The van der Waals surface area contributed by atoms with Crippen molar-refractivity contribution in [3.05, 3.63) is 86.9 Å². The van der Waals surface area contributed by atoms with Gasteiger partial charge < -0.3 is 9.47 Å². The maximum atomic E-state index is 13.6. The van der Waals surface area contributed by atoms with Crippen LogP contribution >= 0.6 is 34.8 Å². The molecular weight excluding hydrogens is 507 g/mol. The summed E-state index contributed by atoms with van der Waals surface area (Å²) in [6.07, 6.45) is 0.295. The Hall–Kier alpha value is -2.45. The Morgan fingerprint density at radius 3 is 2.18 bits per heavy atom. The second-order valence-electron chi connectivity index (χ2n) is 7.23. The van der Waals surface area contributed by atoms with E-state index in [2.05, 4.69) is 5.10 Å². The molecule has 1 unspecified atom stereocenters. The van der Waals surface area contributed by atoms with E-state index in [-0.39, 0.29) is 4.90 Å². The maximum Gasteiger partial charge on any atom is 0.279 e. The van der Waals surface area contributed by atoms with Gasteiger partial charge in [0.05, 0.1) is 30.9 Å². The summed E-state index contributed by atoms with van der Waals surface area (Å²) in [7, 11) is -0.931. The molecule has 0 spiro atoms. The van der Waals surface area contributed by atoms with E-state index in [0.29, 0.717) is 49.8 Å². The molecule has 3 aromatic rings. The van der Waals surface area contributed by atoms with Crippen molar-refractivity contribution in [1.82, 2.24) is 4.41 Å². The zero-order chi connectivity index (χ0) is 23.8. The van der Waals surface area contributed by atoms with Gasteiger partial charge in [-0.1, -0.05) is 40.9 Å². The average Bonchev–Trinajstić information content (AvgIpc) is 3.25. The molecule has 1 aliphatic heterocycles. The third-order valence-electron chi connectivity index (χ3n) is 5.27. The number of hydrogen-bond donors (Lipinski definition) is 0. The molecule has 6 nitrogen and oxygen atoms in total. The predicted molar refractivity (Wildman–Crippen MR) is 130 cm³/mol. The smallest absolute Gasteiger partial charge is 0.279 e. The summed E-state index contributed by atoms with van der Waals surface area (Å²) < 4.78 is 38.9. The van der Waals surface area contributed by atoms with Crippen LogP contribution in [-0.4, -0.2) is 32.8 Å². The third-order valence-corrected chi connectivity index (χ3v) is 7.78. The van der Waals surface area contributed by atoms with Gasteiger partial charge in [0.15, 0.2) is 11.5 Å². The molecule has 1 atom stereocenters. The Labute approximate surface area is 207 Å². The van der Waals surface area contributed by atoms with Gasteiger partial charge in [0, 0.05) is 27.1 Å². The highest BCUT2D eigenvalue weighted by atomic mass is 35.5. The first-order chi connectivity index (χ1) is 15.7. The van der Waals surface area contributed by atoms with Gasteiger partial charge in [-0.25, -0.2) is 0 Å². The standard InChI is InChI=1S/C23H19Cl3N2O4S/c1-31-22-10-3-14(11-23(22)32-2)20-13-21(18-9-6-16(25)12-19(18)26)28(27-20)33(29,30)17-7-4-15(24)5-8-17/h3-12,21H,13H2,1-2H3. The summed E-state index contributed by atoms with van der Waals surface area (Å²) in [5, 5.41) is 5.76. The van der Waals surface area contributed by atoms with Crippen LogP contribution in [0.2, 0.25) is 15.1 Å². The second-order valence-corrected chi connectivity index (χ2v) is 10.3. The molecule has 4 rings (SSSR count). The highest BCUT2D eigenvalue weighted by Crippen LogP contribution is 2.41. The zero-order valence-corrected chi connectivity index (χ0v) is 20.7. The third kappa shape index (κ3) is 4.64. The summed E-state index contributed by atoms with van der Waals surface area (Å²) in [4.78, 5) is 0.0688. The fourth-order valence-electron chi connectivity index (χ4n) is 3.62. The average molecular weight is 526 g/mol. The fourth-order valence-corrected chi connectivity index (χ4v) is 5.70. The van der Waals surface area contributed by atoms with Crippen LogP contribution in [-0.2, 0) is 10.0 Å². The molecule has 0 aliphatic carbocycles. The molecule has 1 heterocycles. The van der Waals surface area contributed by atoms with Gasteiger partial charge in [-0.2, -0.15) is 17.9 Å². The number of halogens is 3. The van der Waals surface area contributed by atoms with Crippen molar-refractivity contribution in [2.75, 3.05) is 14.2 Å². The molecule has 33 heavy (non-hydrogen) atoms. The largest absolute Gasteiger partial charge is 0.493 e. The van der Waals surface area contributed by atoms with Crippen molar-refractivity contribution in [2.24, 2.45) is 5.10 Å². The van der Waals surface area contributed by atoms with E-state index in [9.17, 15) is 8.42 Å². The topological polar surface area (TPSA) is 68.2 Å². The second kappa shape index (κ2) is 9.43. The number of methoxy groups -OCH3 is 2. The van der Waals surface area contributed by atoms with Crippen LogP contribution in [0.4, 0.5) is 0 Å². The van der Waals surface area contributed by atoms with Crippen LogP contribution in [0.25, 0.3) is 0 Å². The predicted octanol–water partition coefficient (Wildman–Crippen LogP) is 6.20. The Bertz CT molecular complexity index is 1330. The summed E-state index contributed by atoms with van der Waals surface area (Å²) in [5.41, 5.74) is 1.86. The Morgan fingerprint density at radius 2 is 1.55 bits per heavy atom. The number of rotatable bonds is 6. The van der Waals surface area contributed by atoms with E-state index in [4.69, 9.17) is 44.3 Å². The van der Waals surface area contributed by atoms with Crippen LogP contribution in [0.3, 0.4) is 0 Å². The molecule has 0 saturated heterocycles. The van der Waals surface area contributed by atoms with E-state index < -0.39 is 16.1 Å². The van der Waals surface area contributed by atoms with Crippen LogP contribution in [0.15, 0.2) is 70.7 Å². The minimum Gasteiger partial charge on any atom is -0.493 e. The molecule has 0 fully saturated rings. The van der Waals surface area contributed by atoms with Crippen molar-refractivity contribution in [3.8, 4) is 11.5 Å². The number of sulfonamides is 1. The molecule has 0 N–H and O–H groups in total. The van der Waals surface area contributed by atoms with Gasteiger partial charge in [0.25, 0.3) is 10.0 Å². The minimum absolute atomic E-state index is 0.0688. The van der Waals surface area contributed by atoms with Gasteiger partial charge in [-0.15, -0.1) is 0 Å². The number of hydrogen-bond acceptors (Lipinski definition) is 5. The normalized spacial score (nSPS) is 16.0. The summed E-state index contributed by atoms with van der Waals surface area (Å²) in [5.74, 6) is 1.07. The molecule has 0 saturated carbocycles. The van der Waals surface area contributed by atoms with Crippen molar-refractivity contribution < 1.29 is 17.9 Å². The molecule has 0 bridgehead atoms. The Balaban J connectivity index is 1.83. The number of benzene rings is 3. The molecular formula is C23H19Cl3N2O4S. The summed E-state index contributed by atoms with van der Waals surface area (Å²) in [6.45, 7) is 0. The van der Waals surface area contributed by atoms with E-state index in [0.717, 1.165) is 4.41 Å². The lowest BCUT2D eigenvalue weighted by molar-refractivity contribution is 0.355. The molecule has 10 heteroatoms. The van der Waals surface area contributed by atoms with Crippen molar-refractivity contribution in [1.29, 1.82) is 0 Å².